The first kappa shape index (κ1) is 15.4. The lowest BCUT2D eigenvalue weighted by Crippen LogP contribution is -2.15. The van der Waals surface area contributed by atoms with Gasteiger partial charge in [0.15, 0.2) is 5.16 Å². The molecule has 23 heavy (non-hydrogen) atoms. The van der Waals surface area contributed by atoms with E-state index in [-0.39, 0.29) is 17.2 Å². The van der Waals surface area contributed by atoms with Crippen molar-refractivity contribution < 1.29 is 4.79 Å². The molecule has 9 heteroatoms. The molecule has 0 aliphatic heterocycles. The number of thioether (sulfide) groups is 1. The van der Waals surface area contributed by atoms with Crippen molar-refractivity contribution in [3.8, 4) is 11.3 Å². The predicted octanol–water partition coefficient (Wildman–Crippen LogP) is 2.02. The molecule has 7 nitrogen and oxygen atoms in total. The van der Waals surface area contributed by atoms with Crippen LogP contribution < -0.4 is 10.9 Å². The summed E-state index contributed by atoms with van der Waals surface area (Å²) in [6, 6.07) is 10.8. The number of aromatic nitrogens is 4. The molecule has 0 aliphatic carbocycles. The molecule has 116 valence electrons. The number of amides is 1. The van der Waals surface area contributed by atoms with Gasteiger partial charge in [0, 0.05) is 11.6 Å². The molecule has 2 heterocycles. The Hall–Kier alpha value is -2.52. The van der Waals surface area contributed by atoms with E-state index in [9.17, 15) is 9.59 Å². The second-order valence-corrected chi connectivity index (χ2v) is 6.18. The van der Waals surface area contributed by atoms with Crippen LogP contribution in [0.15, 0.2) is 51.9 Å². The van der Waals surface area contributed by atoms with Crippen molar-refractivity contribution in [2.45, 2.75) is 5.16 Å². The van der Waals surface area contributed by atoms with Gasteiger partial charge in [-0.15, -0.1) is 10.2 Å². The fourth-order valence-corrected chi connectivity index (χ4v) is 2.91. The van der Waals surface area contributed by atoms with Crippen molar-refractivity contribution >= 4 is 34.1 Å². The van der Waals surface area contributed by atoms with Crippen LogP contribution in [-0.4, -0.2) is 31.8 Å². The zero-order valence-electron chi connectivity index (χ0n) is 11.7. The number of rotatable bonds is 5. The van der Waals surface area contributed by atoms with Gasteiger partial charge in [-0.1, -0.05) is 53.4 Å². The minimum absolute atomic E-state index is 0.112. The van der Waals surface area contributed by atoms with Crippen molar-refractivity contribution in [2.24, 2.45) is 0 Å². The van der Waals surface area contributed by atoms with Crippen molar-refractivity contribution in [1.29, 1.82) is 0 Å². The lowest BCUT2D eigenvalue weighted by Gasteiger charge is -2.04. The lowest BCUT2D eigenvalue weighted by molar-refractivity contribution is -0.113. The van der Waals surface area contributed by atoms with Crippen molar-refractivity contribution in [2.75, 3.05) is 11.1 Å². The number of aromatic amines is 1. The van der Waals surface area contributed by atoms with Crippen LogP contribution in [0.3, 0.4) is 0 Å². The fraction of sp³-hybridized carbons (Fsp3) is 0.0714. The highest BCUT2D eigenvalue weighted by atomic mass is 32.2. The normalized spacial score (nSPS) is 10.4. The summed E-state index contributed by atoms with van der Waals surface area (Å²) < 4.78 is 0. The Morgan fingerprint density at radius 2 is 2.13 bits per heavy atom. The van der Waals surface area contributed by atoms with Crippen LogP contribution in [0.25, 0.3) is 11.3 Å². The number of carbonyl (C=O) groups excluding carboxylic acids is 1. The van der Waals surface area contributed by atoms with Crippen LogP contribution in [0.1, 0.15) is 0 Å². The van der Waals surface area contributed by atoms with E-state index in [1.807, 2.05) is 30.3 Å². The van der Waals surface area contributed by atoms with E-state index < -0.39 is 0 Å². The number of nitrogens with zero attached hydrogens (tertiary/aromatic N) is 3. The molecule has 0 fully saturated rings. The predicted molar refractivity (Wildman–Crippen MR) is 89.6 cm³/mol. The summed E-state index contributed by atoms with van der Waals surface area (Å²) in [5.74, 6) is -0.125. The molecule has 0 saturated carbocycles. The molecular weight excluding hydrogens is 334 g/mol. The standard InChI is InChI=1S/C14H11N5O2S2/c20-11-6-10(9-4-2-1-3-5-9)16-13(17-11)22-7-12(21)18-14-19-15-8-23-14/h1-6,8H,7H2,(H,16,17,20)(H,18,19,21). The highest BCUT2D eigenvalue weighted by molar-refractivity contribution is 7.99. The van der Waals surface area contributed by atoms with Crippen LogP contribution in [0.2, 0.25) is 0 Å². The summed E-state index contributed by atoms with van der Waals surface area (Å²) in [4.78, 5) is 30.6. The Morgan fingerprint density at radius 1 is 1.30 bits per heavy atom. The molecule has 0 atom stereocenters. The minimum atomic E-state index is -0.258. The number of nitrogens with one attached hydrogen (secondary N) is 2. The van der Waals surface area contributed by atoms with Gasteiger partial charge in [0.2, 0.25) is 11.0 Å². The maximum absolute atomic E-state index is 11.8. The molecule has 0 radical (unpaired) electrons. The molecule has 2 N–H and O–H groups in total. The third kappa shape index (κ3) is 4.24. The van der Waals surface area contributed by atoms with E-state index in [0.29, 0.717) is 16.0 Å². The van der Waals surface area contributed by atoms with Crippen LogP contribution >= 0.6 is 23.1 Å². The van der Waals surface area contributed by atoms with Gasteiger partial charge in [-0.2, -0.15) is 0 Å². The molecule has 0 bridgehead atoms. The van der Waals surface area contributed by atoms with E-state index in [1.165, 1.54) is 22.9 Å². The first-order valence-electron chi connectivity index (χ1n) is 6.56. The van der Waals surface area contributed by atoms with E-state index in [4.69, 9.17) is 0 Å². The molecule has 0 unspecified atom stereocenters. The van der Waals surface area contributed by atoms with Crippen molar-refractivity contribution in [3.63, 3.8) is 0 Å². The molecule has 1 amide bonds. The molecule has 1 aromatic carbocycles. The van der Waals surface area contributed by atoms with Crippen molar-refractivity contribution in [1.82, 2.24) is 20.2 Å². The highest BCUT2D eigenvalue weighted by Crippen LogP contribution is 2.18. The third-order valence-corrected chi connectivity index (χ3v) is 4.22. The van der Waals surface area contributed by atoms with Gasteiger partial charge in [0.25, 0.3) is 5.56 Å². The van der Waals surface area contributed by atoms with Gasteiger partial charge < -0.3 is 4.98 Å². The Labute approximate surface area is 139 Å². The second-order valence-electron chi connectivity index (χ2n) is 4.38. The molecule has 0 spiro atoms. The number of H-pyrrole nitrogens is 1. The Bertz CT molecular complexity index is 849. The molecular formula is C14H11N5O2S2. The van der Waals surface area contributed by atoms with Gasteiger partial charge in [-0.25, -0.2) is 4.98 Å². The summed E-state index contributed by atoms with van der Waals surface area (Å²) >= 11 is 2.39. The first-order chi connectivity index (χ1) is 11.2. The average Bonchev–Trinajstić information content (AvgIpc) is 3.06. The van der Waals surface area contributed by atoms with Crippen LogP contribution in [0.4, 0.5) is 5.13 Å². The molecule has 3 aromatic rings. The summed E-state index contributed by atoms with van der Waals surface area (Å²) in [5.41, 5.74) is 2.69. The van der Waals surface area contributed by atoms with E-state index in [1.54, 1.807) is 0 Å². The Balaban J connectivity index is 1.70. The summed E-state index contributed by atoms with van der Waals surface area (Å²) in [7, 11) is 0. The fourth-order valence-electron chi connectivity index (χ4n) is 1.78. The number of hydrogen-bond donors (Lipinski definition) is 2. The highest BCUT2D eigenvalue weighted by Gasteiger charge is 2.09. The number of hydrogen-bond acceptors (Lipinski definition) is 7. The SMILES string of the molecule is O=C(CSc1nc(-c2ccccc2)cc(=O)[nH]1)Nc1nncs1. The van der Waals surface area contributed by atoms with Gasteiger partial charge in [-0.3, -0.25) is 14.9 Å². The van der Waals surface area contributed by atoms with Crippen LogP contribution in [0.5, 0.6) is 0 Å². The second kappa shape index (κ2) is 7.16. The van der Waals surface area contributed by atoms with Gasteiger partial charge in [0.05, 0.1) is 11.4 Å². The topological polar surface area (TPSA) is 101 Å². The largest absolute Gasteiger partial charge is 0.301 e. The molecule has 0 saturated heterocycles. The van der Waals surface area contributed by atoms with E-state index in [2.05, 4.69) is 25.5 Å². The average molecular weight is 345 g/mol. The van der Waals surface area contributed by atoms with Crippen LogP contribution in [-0.2, 0) is 4.79 Å². The summed E-state index contributed by atoms with van der Waals surface area (Å²) in [6.45, 7) is 0. The number of anilines is 1. The molecule has 2 aromatic heterocycles. The van der Waals surface area contributed by atoms with E-state index >= 15 is 0 Å². The summed E-state index contributed by atoms with van der Waals surface area (Å²) in [5, 5.41) is 10.8. The third-order valence-electron chi connectivity index (χ3n) is 2.74. The van der Waals surface area contributed by atoms with E-state index in [0.717, 1.165) is 17.3 Å². The smallest absolute Gasteiger partial charge is 0.252 e. The summed E-state index contributed by atoms with van der Waals surface area (Å²) in [6.07, 6.45) is 0. The Morgan fingerprint density at radius 3 is 2.87 bits per heavy atom. The molecule has 0 aliphatic rings. The monoisotopic (exact) mass is 345 g/mol. The van der Waals surface area contributed by atoms with Gasteiger partial charge in [-0.05, 0) is 0 Å². The quantitative estimate of drug-likeness (QED) is 0.542. The minimum Gasteiger partial charge on any atom is -0.301 e. The number of carbonyl (C=O) groups is 1. The lowest BCUT2D eigenvalue weighted by atomic mass is 10.1. The number of benzene rings is 1. The Kier molecular flexibility index (Phi) is 4.79. The zero-order valence-corrected chi connectivity index (χ0v) is 13.4. The molecule has 3 rings (SSSR count). The van der Waals surface area contributed by atoms with Crippen LogP contribution in [0, 0.1) is 0 Å². The van der Waals surface area contributed by atoms with Crippen molar-refractivity contribution in [3.05, 3.63) is 52.3 Å². The maximum Gasteiger partial charge on any atom is 0.252 e. The van der Waals surface area contributed by atoms with Gasteiger partial charge in [0.1, 0.15) is 5.51 Å². The maximum atomic E-state index is 11.8. The van der Waals surface area contributed by atoms with Gasteiger partial charge >= 0.3 is 0 Å². The first-order valence-corrected chi connectivity index (χ1v) is 8.43. The zero-order chi connectivity index (χ0) is 16.1.